The van der Waals surface area contributed by atoms with Crippen molar-refractivity contribution >= 4 is 30.1 Å². The fraction of sp³-hybridized carbons (Fsp3) is 0.562. The number of benzene rings is 1. The summed E-state index contributed by atoms with van der Waals surface area (Å²) >= 11 is 1.91. The maximum atomic E-state index is 12.2. The Hall–Kier alpha value is -0.710. The van der Waals surface area contributed by atoms with Gasteiger partial charge in [0, 0.05) is 11.3 Å². The molecule has 2 rings (SSSR count). The van der Waals surface area contributed by atoms with Gasteiger partial charge < -0.3 is 11.1 Å². The van der Waals surface area contributed by atoms with E-state index in [2.05, 4.69) is 11.6 Å². The van der Waals surface area contributed by atoms with Crippen molar-refractivity contribution in [3.8, 4) is 0 Å². The summed E-state index contributed by atoms with van der Waals surface area (Å²) in [6.07, 6.45) is 7.38. The number of nitrogens with two attached hydrogens (primary N) is 1. The molecule has 1 aliphatic carbocycles. The Morgan fingerprint density at radius 3 is 2.76 bits per heavy atom. The van der Waals surface area contributed by atoms with Gasteiger partial charge in [0.1, 0.15) is 0 Å². The van der Waals surface area contributed by atoms with Gasteiger partial charge in [-0.25, -0.2) is 0 Å². The van der Waals surface area contributed by atoms with E-state index in [0.29, 0.717) is 17.7 Å². The lowest BCUT2D eigenvalue weighted by molar-refractivity contribution is -0.123. The van der Waals surface area contributed by atoms with Crippen LogP contribution in [0.15, 0.2) is 30.3 Å². The van der Waals surface area contributed by atoms with Crippen molar-refractivity contribution in [2.24, 2.45) is 5.73 Å². The first-order chi connectivity index (χ1) is 9.69. The summed E-state index contributed by atoms with van der Waals surface area (Å²) < 4.78 is 0. The number of hydrogen-bond donors (Lipinski definition) is 2. The first-order valence-corrected chi connectivity index (χ1v) is 8.60. The molecule has 0 aromatic heterocycles. The van der Waals surface area contributed by atoms with Crippen molar-refractivity contribution in [3.05, 3.63) is 35.9 Å². The monoisotopic (exact) mass is 328 g/mol. The molecule has 1 aromatic rings. The van der Waals surface area contributed by atoms with Crippen molar-refractivity contribution < 1.29 is 4.79 Å². The summed E-state index contributed by atoms with van der Waals surface area (Å²) in [7, 11) is 0. The number of nitrogens with one attached hydrogen (secondary N) is 1. The van der Waals surface area contributed by atoms with Crippen LogP contribution in [0, 0.1) is 0 Å². The average Bonchev–Trinajstić information content (AvgIpc) is 2.48. The predicted molar refractivity (Wildman–Crippen MR) is 93.1 cm³/mol. The Labute approximate surface area is 137 Å². The molecule has 3 N–H and O–H groups in total. The van der Waals surface area contributed by atoms with E-state index in [-0.39, 0.29) is 18.3 Å². The molecule has 21 heavy (non-hydrogen) atoms. The van der Waals surface area contributed by atoms with Crippen LogP contribution < -0.4 is 11.1 Å². The number of halogens is 1. The Kier molecular flexibility index (Phi) is 8.15. The minimum Gasteiger partial charge on any atom is -0.352 e. The first-order valence-electron chi connectivity index (χ1n) is 7.31. The standard InChI is InChI=1S/C16H24N2OS.ClH/c1-20-14-9-5-8-13(11-14)18-16(19)15(17)10-12-6-3-2-4-7-12;/h2-4,6-7,13-15H,5,8-11,17H2,1H3,(H,18,19);1H/t13?,14?,15-;/m0./s1. The zero-order valence-electron chi connectivity index (χ0n) is 12.5. The van der Waals surface area contributed by atoms with Crippen LogP contribution in [-0.4, -0.2) is 29.5 Å². The number of thioether (sulfide) groups is 1. The van der Waals surface area contributed by atoms with E-state index in [1.54, 1.807) is 0 Å². The molecule has 0 aliphatic heterocycles. The van der Waals surface area contributed by atoms with Crippen LogP contribution in [0.2, 0.25) is 0 Å². The summed E-state index contributed by atoms with van der Waals surface area (Å²) in [6.45, 7) is 0. The minimum absolute atomic E-state index is 0. The third-order valence-corrected chi connectivity index (χ3v) is 5.04. The van der Waals surface area contributed by atoms with Crippen LogP contribution in [0.4, 0.5) is 0 Å². The van der Waals surface area contributed by atoms with E-state index in [1.807, 2.05) is 42.1 Å². The average molecular weight is 329 g/mol. The Bertz CT molecular complexity index is 430. The van der Waals surface area contributed by atoms with Gasteiger partial charge in [-0.05, 0) is 37.5 Å². The summed E-state index contributed by atoms with van der Waals surface area (Å²) in [5.41, 5.74) is 7.13. The lowest BCUT2D eigenvalue weighted by Gasteiger charge is -2.29. The topological polar surface area (TPSA) is 55.1 Å². The molecule has 2 unspecified atom stereocenters. The number of amides is 1. The van der Waals surface area contributed by atoms with Crippen LogP contribution in [0.3, 0.4) is 0 Å². The fourth-order valence-corrected chi connectivity index (χ4v) is 3.59. The maximum absolute atomic E-state index is 12.2. The molecule has 3 nitrogen and oxygen atoms in total. The maximum Gasteiger partial charge on any atom is 0.237 e. The summed E-state index contributed by atoms with van der Waals surface area (Å²) in [5.74, 6) is -0.0133. The molecule has 0 bridgehead atoms. The van der Waals surface area contributed by atoms with E-state index in [9.17, 15) is 4.79 Å². The summed E-state index contributed by atoms with van der Waals surface area (Å²) in [4.78, 5) is 12.2. The van der Waals surface area contributed by atoms with Gasteiger partial charge in [-0.1, -0.05) is 36.8 Å². The molecule has 1 aliphatic rings. The van der Waals surface area contributed by atoms with E-state index >= 15 is 0 Å². The highest BCUT2D eigenvalue weighted by Crippen LogP contribution is 2.26. The first kappa shape index (κ1) is 18.3. The summed E-state index contributed by atoms with van der Waals surface area (Å²) in [6, 6.07) is 9.80. The third-order valence-electron chi connectivity index (χ3n) is 3.94. The molecular formula is C16H25ClN2OS. The molecule has 118 valence electrons. The summed E-state index contributed by atoms with van der Waals surface area (Å²) in [5, 5.41) is 3.81. The molecule has 0 saturated heterocycles. The van der Waals surface area contributed by atoms with Crippen molar-refractivity contribution in [2.75, 3.05) is 6.26 Å². The van der Waals surface area contributed by atoms with Gasteiger partial charge in [0.05, 0.1) is 6.04 Å². The Morgan fingerprint density at radius 1 is 1.38 bits per heavy atom. The molecule has 1 amide bonds. The van der Waals surface area contributed by atoms with Gasteiger partial charge in [-0.15, -0.1) is 12.4 Å². The van der Waals surface area contributed by atoms with Gasteiger partial charge in [-0.3, -0.25) is 4.79 Å². The highest BCUT2D eigenvalue weighted by atomic mass is 35.5. The molecule has 5 heteroatoms. The molecule has 3 atom stereocenters. The largest absolute Gasteiger partial charge is 0.352 e. The SMILES string of the molecule is CSC1CCCC(NC(=O)[C@@H](N)Cc2ccccc2)C1.Cl. The van der Waals surface area contributed by atoms with E-state index in [1.165, 1.54) is 12.8 Å². The van der Waals surface area contributed by atoms with Crippen LogP contribution in [0.25, 0.3) is 0 Å². The zero-order valence-corrected chi connectivity index (χ0v) is 14.1. The Balaban J connectivity index is 0.00000220. The lowest BCUT2D eigenvalue weighted by Crippen LogP contribution is -2.48. The zero-order chi connectivity index (χ0) is 14.4. The normalized spacial score (nSPS) is 23.0. The van der Waals surface area contributed by atoms with Gasteiger partial charge in [-0.2, -0.15) is 11.8 Å². The number of hydrogen-bond acceptors (Lipinski definition) is 3. The third kappa shape index (κ3) is 5.89. The highest BCUT2D eigenvalue weighted by Gasteiger charge is 2.24. The number of carbonyl (C=O) groups excluding carboxylic acids is 1. The van der Waals surface area contributed by atoms with Crippen LogP contribution >= 0.6 is 24.2 Å². The molecule has 1 saturated carbocycles. The number of carbonyl (C=O) groups is 1. The minimum atomic E-state index is -0.452. The van der Waals surface area contributed by atoms with Gasteiger partial charge >= 0.3 is 0 Å². The molecule has 1 fully saturated rings. The molecule has 0 spiro atoms. The highest BCUT2D eigenvalue weighted by molar-refractivity contribution is 7.99. The van der Waals surface area contributed by atoms with Gasteiger partial charge in [0.2, 0.25) is 5.91 Å². The Morgan fingerprint density at radius 2 is 2.10 bits per heavy atom. The fourth-order valence-electron chi connectivity index (χ4n) is 2.76. The molecule has 0 heterocycles. The van der Waals surface area contributed by atoms with Crippen molar-refractivity contribution in [2.45, 2.75) is 49.4 Å². The van der Waals surface area contributed by atoms with Crippen molar-refractivity contribution in [1.29, 1.82) is 0 Å². The quantitative estimate of drug-likeness (QED) is 0.874. The molecule has 0 radical (unpaired) electrons. The second-order valence-electron chi connectivity index (χ2n) is 5.53. The van der Waals surface area contributed by atoms with Crippen LogP contribution in [-0.2, 0) is 11.2 Å². The van der Waals surface area contributed by atoms with Gasteiger partial charge in [0.25, 0.3) is 0 Å². The van der Waals surface area contributed by atoms with Crippen LogP contribution in [0.1, 0.15) is 31.2 Å². The second-order valence-corrected chi connectivity index (χ2v) is 6.66. The van der Waals surface area contributed by atoms with Crippen molar-refractivity contribution in [3.63, 3.8) is 0 Å². The van der Waals surface area contributed by atoms with Crippen LogP contribution in [0.5, 0.6) is 0 Å². The van der Waals surface area contributed by atoms with Crippen molar-refractivity contribution in [1.82, 2.24) is 5.32 Å². The molecular weight excluding hydrogens is 304 g/mol. The van der Waals surface area contributed by atoms with E-state index < -0.39 is 6.04 Å². The lowest BCUT2D eigenvalue weighted by atomic mass is 9.94. The molecule has 1 aromatic carbocycles. The smallest absolute Gasteiger partial charge is 0.237 e. The van der Waals surface area contributed by atoms with E-state index in [0.717, 1.165) is 18.4 Å². The predicted octanol–water partition coefficient (Wildman–Crippen LogP) is 2.77. The van der Waals surface area contributed by atoms with Gasteiger partial charge in [0.15, 0.2) is 0 Å². The second kappa shape index (κ2) is 9.34. The number of rotatable bonds is 5. The van der Waals surface area contributed by atoms with E-state index in [4.69, 9.17) is 5.73 Å².